The van der Waals surface area contributed by atoms with E-state index >= 15 is 0 Å². The Kier molecular flexibility index (Phi) is 5.18. The van der Waals surface area contributed by atoms with Crippen LogP contribution in [0.4, 0.5) is 5.82 Å². The van der Waals surface area contributed by atoms with Gasteiger partial charge in [-0.25, -0.2) is 4.68 Å². The zero-order valence-corrected chi connectivity index (χ0v) is 17.7. The summed E-state index contributed by atoms with van der Waals surface area (Å²) in [5.41, 5.74) is 0.535. The second-order valence-corrected chi connectivity index (χ2v) is 9.08. The first-order chi connectivity index (χ1) is 14.7. The third-order valence-electron chi connectivity index (χ3n) is 5.63. The second-order valence-electron chi connectivity index (χ2n) is 7.70. The van der Waals surface area contributed by atoms with E-state index in [9.17, 15) is 4.79 Å². The molecule has 1 saturated heterocycles. The number of rotatable bonds is 5. The van der Waals surface area contributed by atoms with E-state index in [0.717, 1.165) is 38.3 Å². The van der Waals surface area contributed by atoms with Crippen molar-refractivity contribution in [2.45, 2.75) is 32.4 Å². The normalized spacial score (nSPS) is 16.7. The molecule has 1 N–H and O–H groups in total. The predicted molar refractivity (Wildman–Crippen MR) is 115 cm³/mol. The highest BCUT2D eigenvalue weighted by Gasteiger charge is 2.24. The molecule has 2 aliphatic rings. The van der Waals surface area contributed by atoms with Crippen molar-refractivity contribution >= 4 is 23.1 Å². The quantitative estimate of drug-likeness (QED) is 0.669. The van der Waals surface area contributed by atoms with Gasteiger partial charge in [0.25, 0.3) is 5.91 Å². The van der Waals surface area contributed by atoms with E-state index in [-0.39, 0.29) is 18.7 Å². The molecular formula is C22H24N4O3S. The van der Waals surface area contributed by atoms with Gasteiger partial charge in [-0.05, 0) is 50.1 Å². The van der Waals surface area contributed by atoms with Crippen LogP contribution in [-0.2, 0) is 6.54 Å². The minimum Gasteiger partial charge on any atom is -0.454 e. The number of hydrogen-bond donors (Lipinski definition) is 1. The minimum absolute atomic E-state index is 0.180. The highest BCUT2D eigenvalue weighted by atomic mass is 32.1. The first kappa shape index (κ1) is 19.1. The summed E-state index contributed by atoms with van der Waals surface area (Å²) in [5.74, 6) is 1.82. The highest BCUT2D eigenvalue weighted by Crippen LogP contribution is 2.33. The first-order valence-corrected chi connectivity index (χ1v) is 11.0. The lowest BCUT2D eigenvalue weighted by molar-refractivity contribution is 0.102. The summed E-state index contributed by atoms with van der Waals surface area (Å²) >= 11 is 1.87. The van der Waals surface area contributed by atoms with Crippen molar-refractivity contribution in [3.63, 3.8) is 0 Å². The van der Waals surface area contributed by atoms with Gasteiger partial charge in [0, 0.05) is 41.0 Å². The molecule has 8 heteroatoms. The van der Waals surface area contributed by atoms with Crippen LogP contribution in [0.5, 0.6) is 11.5 Å². The van der Waals surface area contributed by atoms with Gasteiger partial charge in [-0.15, -0.1) is 11.3 Å². The van der Waals surface area contributed by atoms with Gasteiger partial charge in [-0.3, -0.25) is 9.69 Å². The Bertz CT molecular complexity index is 1050. The molecular weight excluding hydrogens is 400 g/mol. The van der Waals surface area contributed by atoms with Crippen LogP contribution in [0.3, 0.4) is 0 Å². The van der Waals surface area contributed by atoms with Gasteiger partial charge >= 0.3 is 0 Å². The van der Waals surface area contributed by atoms with Crippen LogP contribution in [0.2, 0.25) is 0 Å². The zero-order valence-electron chi connectivity index (χ0n) is 16.8. The predicted octanol–water partition coefficient (Wildman–Crippen LogP) is 4.07. The number of piperidine rings is 1. The number of ether oxygens (including phenoxy) is 2. The van der Waals surface area contributed by atoms with E-state index in [4.69, 9.17) is 9.47 Å². The largest absolute Gasteiger partial charge is 0.454 e. The lowest BCUT2D eigenvalue weighted by Crippen LogP contribution is -2.34. The molecule has 0 unspecified atom stereocenters. The van der Waals surface area contributed by atoms with Crippen molar-refractivity contribution < 1.29 is 14.3 Å². The molecule has 30 heavy (non-hydrogen) atoms. The van der Waals surface area contributed by atoms with Crippen molar-refractivity contribution in [2.75, 3.05) is 25.2 Å². The highest BCUT2D eigenvalue weighted by molar-refractivity contribution is 7.11. The smallest absolute Gasteiger partial charge is 0.256 e. The number of likely N-dealkylation sites (tertiary alicyclic amines) is 1. The number of aromatic nitrogens is 2. The topological polar surface area (TPSA) is 68.6 Å². The maximum absolute atomic E-state index is 12.7. The Morgan fingerprint density at radius 3 is 2.80 bits per heavy atom. The van der Waals surface area contributed by atoms with Gasteiger partial charge in [0.15, 0.2) is 11.5 Å². The van der Waals surface area contributed by atoms with Crippen LogP contribution in [0.1, 0.15) is 39.0 Å². The maximum Gasteiger partial charge on any atom is 0.256 e. The average molecular weight is 425 g/mol. The molecule has 0 radical (unpaired) electrons. The standard InChI is InChI=1S/C22H24N4O3S/c1-15-2-4-18(30-15)13-25-10-7-17(8-11-25)26-21(6-9-23-26)24-22(27)16-3-5-19-20(12-16)29-14-28-19/h2-6,9,12,17H,7-8,10-11,13-14H2,1H3,(H,24,27). The van der Waals surface area contributed by atoms with Crippen LogP contribution in [0.25, 0.3) is 0 Å². The van der Waals surface area contributed by atoms with Gasteiger partial charge in [-0.2, -0.15) is 5.10 Å². The van der Waals surface area contributed by atoms with E-state index < -0.39 is 0 Å². The fraction of sp³-hybridized carbons (Fsp3) is 0.364. The molecule has 5 rings (SSSR count). The number of anilines is 1. The van der Waals surface area contributed by atoms with Gasteiger partial charge < -0.3 is 14.8 Å². The number of thiophene rings is 1. The molecule has 2 aromatic heterocycles. The summed E-state index contributed by atoms with van der Waals surface area (Å²) in [5, 5.41) is 7.50. The first-order valence-electron chi connectivity index (χ1n) is 10.2. The Morgan fingerprint density at radius 2 is 2.00 bits per heavy atom. The number of carbonyl (C=O) groups is 1. The number of nitrogens with zero attached hydrogens (tertiary/aromatic N) is 3. The van der Waals surface area contributed by atoms with E-state index in [1.807, 2.05) is 22.1 Å². The molecule has 1 fully saturated rings. The van der Waals surface area contributed by atoms with Crippen molar-refractivity contribution in [1.82, 2.24) is 14.7 Å². The second kappa shape index (κ2) is 8.12. The van der Waals surface area contributed by atoms with Crippen LogP contribution >= 0.6 is 11.3 Å². The lowest BCUT2D eigenvalue weighted by atomic mass is 10.1. The third-order valence-corrected chi connectivity index (χ3v) is 6.61. The minimum atomic E-state index is -0.180. The fourth-order valence-corrected chi connectivity index (χ4v) is 4.98. The molecule has 0 atom stereocenters. The SMILES string of the molecule is Cc1ccc(CN2CCC(n3nccc3NC(=O)c3ccc4c(c3)OCO4)CC2)s1. The summed E-state index contributed by atoms with van der Waals surface area (Å²) in [7, 11) is 0. The van der Waals surface area contributed by atoms with E-state index in [0.29, 0.717) is 17.1 Å². The molecule has 0 saturated carbocycles. The molecule has 156 valence electrons. The van der Waals surface area contributed by atoms with E-state index in [2.05, 4.69) is 34.4 Å². The Labute approximate surface area is 179 Å². The van der Waals surface area contributed by atoms with Crippen molar-refractivity contribution in [3.05, 3.63) is 57.9 Å². The summed E-state index contributed by atoms with van der Waals surface area (Å²) < 4.78 is 12.6. The van der Waals surface area contributed by atoms with Crippen molar-refractivity contribution in [3.8, 4) is 11.5 Å². The number of hydrogen-bond acceptors (Lipinski definition) is 6. The lowest BCUT2D eigenvalue weighted by Gasteiger charge is -2.32. The number of fused-ring (bicyclic) bond motifs is 1. The molecule has 1 aromatic carbocycles. The van der Waals surface area contributed by atoms with Crippen LogP contribution < -0.4 is 14.8 Å². The summed E-state index contributed by atoms with van der Waals surface area (Å²) in [4.78, 5) is 18.0. The summed E-state index contributed by atoms with van der Waals surface area (Å²) in [6, 6.07) is 11.8. The fourth-order valence-electron chi connectivity index (χ4n) is 4.04. The van der Waals surface area contributed by atoms with Gasteiger partial charge in [0.1, 0.15) is 5.82 Å². The summed E-state index contributed by atoms with van der Waals surface area (Å²) in [6.07, 6.45) is 3.77. The van der Waals surface area contributed by atoms with Gasteiger partial charge in [0.05, 0.1) is 12.2 Å². The van der Waals surface area contributed by atoms with Crippen molar-refractivity contribution in [2.24, 2.45) is 0 Å². The van der Waals surface area contributed by atoms with E-state index in [1.165, 1.54) is 9.75 Å². The van der Waals surface area contributed by atoms with Crippen molar-refractivity contribution in [1.29, 1.82) is 0 Å². The van der Waals surface area contributed by atoms with Crippen LogP contribution in [-0.4, -0.2) is 40.5 Å². The average Bonchev–Trinajstić information content (AvgIpc) is 3.49. The summed E-state index contributed by atoms with van der Waals surface area (Å²) in [6.45, 7) is 5.40. The number of benzene rings is 1. The molecule has 0 aliphatic carbocycles. The molecule has 1 amide bonds. The number of amides is 1. The number of carbonyl (C=O) groups excluding carboxylic acids is 1. The molecule has 0 spiro atoms. The Hall–Kier alpha value is -2.84. The van der Waals surface area contributed by atoms with E-state index in [1.54, 1.807) is 24.4 Å². The molecule has 2 aliphatic heterocycles. The van der Waals surface area contributed by atoms with Crippen LogP contribution in [0.15, 0.2) is 42.6 Å². The van der Waals surface area contributed by atoms with Crippen LogP contribution in [0, 0.1) is 6.92 Å². The Balaban J connectivity index is 1.21. The zero-order chi connectivity index (χ0) is 20.5. The molecule has 4 heterocycles. The van der Waals surface area contributed by atoms with Gasteiger partial charge in [0.2, 0.25) is 6.79 Å². The Morgan fingerprint density at radius 1 is 1.17 bits per heavy atom. The molecule has 0 bridgehead atoms. The number of nitrogens with one attached hydrogen (secondary N) is 1. The monoisotopic (exact) mass is 424 g/mol. The molecule has 3 aromatic rings. The molecule has 7 nitrogen and oxygen atoms in total. The third kappa shape index (κ3) is 3.93. The number of aryl methyl sites for hydroxylation is 1. The van der Waals surface area contributed by atoms with Gasteiger partial charge in [-0.1, -0.05) is 0 Å². The maximum atomic E-state index is 12.7.